The van der Waals surface area contributed by atoms with Gasteiger partial charge in [0.15, 0.2) is 0 Å². The first kappa shape index (κ1) is 13.3. The van der Waals surface area contributed by atoms with Crippen LogP contribution in [0.2, 0.25) is 0 Å². The van der Waals surface area contributed by atoms with Gasteiger partial charge in [-0.2, -0.15) is 0 Å². The van der Waals surface area contributed by atoms with E-state index < -0.39 is 5.97 Å². The van der Waals surface area contributed by atoms with E-state index in [-0.39, 0.29) is 5.92 Å². The third kappa shape index (κ3) is 2.28. The Morgan fingerprint density at radius 3 is 2.32 bits per heavy atom. The average Bonchev–Trinajstić information content (AvgIpc) is 2.91. The Balaban J connectivity index is 2.04. The number of thiophene rings is 1. The maximum atomic E-state index is 11.4. The van der Waals surface area contributed by atoms with E-state index >= 15 is 0 Å². The van der Waals surface area contributed by atoms with E-state index in [9.17, 15) is 9.90 Å². The number of carboxylic acids is 1. The molecule has 1 aliphatic carbocycles. The number of rotatable bonds is 2. The van der Waals surface area contributed by atoms with Gasteiger partial charge in [-0.1, -0.05) is 24.3 Å². The van der Waals surface area contributed by atoms with Crippen LogP contribution in [-0.4, -0.2) is 11.1 Å². The minimum absolute atomic E-state index is 0.250. The molecule has 0 bridgehead atoms. The Kier molecular flexibility index (Phi) is 3.53. The van der Waals surface area contributed by atoms with Gasteiger partial charge in [0.2, 0.25) is 0 Å². The molecule has 0 spiro atoms. The second-order valence-electron chi connectivity index (χ2n) is 4.61. The molecule has 1 aliphatic rings. The van der Waals surface area contributed by atoms with E-state index in [1.165, 1.54) is 22.5 Å². The molecule has 0 aliphatic heterocycles. The number of hydrogen-bond donors (Lipinski definition) is 1. The van der Waals surface area contributed by atoms with Crippen molar-refractivity contribution in [3.8, 4) is 0 Å². The molecule has 1 N–H and O–H groups in total. The number of carbonyl (C=O) groups is 1. The molecule has 5 heteroatoms. The van der Waals surface area contributed by atoms with Gasteiger partial charge < -0.3 is 5.11 Å². The lowest BCUT2D eigenvalue weighted by Crippen LogP contribution is -2.04. The predicted octanol–water partition coefficient (Wildman–Crippen LogP) is 4.85. The smallest absolute Gasteiger partial charge is 0.346 e. The molecule has 1 aromatic carbocycles. The van der Waals surface area contributed by atoms with Gasteiger partial charge in [-0.25, -0.2) is 4.79 Å². The van der Waals surface area contributed by atoms with Gasteiger partial charge in [-0.15, -0.1) is 11.3 Å². The largest absolute Gasteiger partial charge is 0.477 e. The molecule has 1 heterocycles. The fourth-order valence-electron chi connectivity index (χ4n) is 2.68. The molecule has 1 aromatic heterocycles. The van der Waals surface area contributed by atoms with Gasteiger partial charge in [0.25, 0.3) is 0 Å². The van der Waals surface area contributed by atoms with Gasteiger partial charge in [0.05, 0.1) is 3.79 Å². The fourth-order valence-corrected chi connectivity index (χ4v) is 5.12. The Labute approximate surface area is 131 Å². The van der Waals surface area contributed by atoms with Crippen LogP contribution in [0.4, 0.5) is 0 Å². The molecule has 0 fully saturated rings. The minimum Gasteiger partial charge on any atom is -0.477 e. The Hall–Kier alpha value is -0.650. The summed E-state index contributed by atoms with van der Waals surface area (Å²) in [5, 5.41) is 9.35. The number of hydrogen-bond acceptors (Lipinski definition) is 2. The van der Waals surface area contributed by atoms with Crippen LogP contribution in [0.1, 0.15) is 32.3 Å². The van der Waals surface area contributed by atoms with Crippen molar-refractivity contribution in [1.82, 2.24) is 0 Å². The second kappa shape index (κ2) is 5.04. The summed E-state index contributed by atoms with van der Waals surface area (Å²) in [4.78, 5) is 11.8. The predicted molar refractivity (Wildman–Crippen MR) is 83.3 cm³/mol. The third-order valence-corrected chi connectivity index (χ3v) is 6.98. The average molecular weight is 402 g/mol. The zero-order valence-corrected chi connectivity index (χ0v) is 13.8. The molecule has 0 amide bonds. The standard InChI is InChI=1S/C14H10Br2O2S/c15-11-10(12(14(17)18)19-13(11)16)9-5-7-3-1-2-4-8(7)6-9/h1-4,9H,5-6H2,(H,17,18). The number of halogens is 2. The van der Waals surface area contributed by atoms with Crippen molar-refractivity contribution in [3.05, 3.63) is 54.1 Å². The van der Waals surface area contributed by atoms with E-state index in [0.717, 1.165) is 26.7 Å². The van der Waals surface area contributed by atoms with Crippen LogP contribution < -0.4 is 0 Å². The summed E-state index contributed by atoms with van der Waals surface area (Å²) in [6.07, 6.45) is 1.83. The molecule has 3 rings (SSSR count). The molecule has 98 valence electrons. The van der Waals surface area contributed by atoms with Crippen LogP contribution in [0.25, 0.3) is 0 Å². The lowest BCUT2D eigenvalue weighted by atomic mass is 9.97. The summed E-state index contributed by atoms with van der Waals surface area (Å²) < 4.78 is 1.75. The number of aromatic carboxylic acids is 1. The van der Waals surface area contributed by atoms with E-state index in [0.29, 0.717) is 4.88 Å². The highest BCUT2D eigenvalue weighted by Crippen LogP contribution is 2.45. The monoisotopic (exact) mass is 400 g/mol. The summed E-state index contributed by atoms with van der Waals surface area (Å²) in [7, 11) is 0. The lowest BCUT2D eigenvalue weighted by molar-refractivity contribution is 0.0700. The van der Waals surface area contributed by atoms with Crippen molar-refractivity contribution >= 4 is 49.2 Å². The highest BCUT2D eigenvalue weighted by Gasteiger charge is 2.30. The Morgan fingerprint density at radius 2 is 1.79 bits per heavy atom. The molecule has 2 nitrogen and oxygen atoms in total. The summed E-state index contributed by atoms with van der Waals surface area (Å²) in [6.45, 7) is 0. The molecular weight excluding hydrogens is 392 g/mol. The van der Waals surface area contributed by atoms with Crippen LogP contribution in [0.3, 0.4) is 0 Å². The number of carboxylic acid groups (broad SMARTS) is 1. The van der Waals surface area contributed by atoms with Crippen LogP contribution in [-0.2, 0) is 12.8 Å². The number of fused-ring (bicyclic) bond motifs is 1. The molecule has 0 saturated heterocycles. The zero-order valence-electron chi connectivity index (χ0n) is 9.82. The van der Waals surface area contributed by atoms with Crippen LogP contribution in [0, 0.1) is 0 Å². The van der Waals surface area contributed by atoms with Gasteiger partial charge in [0.1, 0.15) is 4.88 Å². The fraction of sp³-hybridized carbons (Fsp3) is 0.214. The minimum atomic E-state index is -0.845. The highest BCUT2D eigenvalue weighted by molar-refractivity contribution is 9.13. The molecule has 0 unspecified atom stereocenters. The van der Waals surface area contributed by atoms with E-state index in [4.69, 9.17) is 0 Å². The van der Waals surface area contributed by atoms with Gasteiger partial charge in [-0.05, 0) is 67.3 Å². The zero-order chi connectivity index (χ0) is 13.6. The van der Waals surface area contributed by atoms with E-state index in [1.54, 1.807) is 0 Å². The summed E-state index contributed by atoms with van der Waals surface area (Å²) in [5.74, 6) is -0.595. The normalized spacial score (nSPS) is 14.6. The SMILES string of the molecule is O=C(O)c1sc(Br)c(Br)c1C1Cc2ccccc2C1. The first-order chi connectivity index (χ1) is 9.08. The summed E-state index contributed by atoms with van der Waals surface area (Å²) in [6, 6.07) is 8.34. The maximum Gasteiger partial charge on any atom is 0.346 e. The molecule has 19 heavy (non-hydrogen) atoms. The molecule has 0 radical (unpaired) electrons. The van der Waals surface area contributed by atoms with Crippen molar-refractivity contribution in [2.45, 2.75) is 18.8 Å². The second-order valence-corrected chi connectivity index (χ2v) is 7.74. The molecule has 2 aromatic rings. The Morgan fingerprint density at radius 1 is 1.21 bits per heavy atom. The van der Waals surface area contributed by atoms with Crippen molar-refractivity contribution in [2.75, 3.05) is 0 Å². The Bertz CT molecular complexity index is 638. The van der Waals surface area contributed by atoms with E-state index in [1.807, 2.05) is 12.1 Å². The third-order valence-electron chi connectivity index (χ3n) is 3.50. The van der Waals surface area contributed by atoms with Gasteiger partial charge >= 0.3 is 5.97 Å². The first-order valence-corrected chi connectivity index (χ1v) is 8.26. The van der Waals surface area contributed by atoms with Crippen molar-refractivity contribution in [3.63, 3.8) is 0 Å². The van der Waals surface area contributed by atoms with Crippen molar-refractivity contribution < 1.29 is 9.90 Å². The van der Waals surface area contributed by atoms with Crippen molar-refractivity contribution in [1.29, 1.82) is 0 Å². The van der Waals surface area contributed by atoms with Crippen LogP contribution in [0.5, 0.6) is 0 Å². The summed E-state index contributed by atoms with van der Waals surface area (Å²) in [5.41, 5.74) is 3.59. The topological polar surface area (TPSA) is 37.3 Å². The van der Waals surface area contributed by atoms with E-state index in [2.05, 4.69) is 44.0 Å². The maximum absolute atomic E-state index is 11.4. The molecule has 0 atom stereocenters. The van der Waals surface area contributed by atoms with Gasteiger partial charge in [-0.3, -0.25) is 0 Å². The highest BCUT2D eigenvalue weighted by atomic mass is 79.9. The molecule has 0 saturated carbocycles. The van der Waals surface area contributed by atoms with Crippen LogP contribution in [0.15, 0.2) is 32.5 Å². The first-order valence-electron chi connectivity index (χ1n) is 5.85. The lowest BCUT2D eigenvalue weighted by Gasteiger charge is -2.10. The quantitative estimate of drug-likeness (QED) is 0.780. The molecular formula is C14H10Br2O2S. The van der Waals surface area contributed by atoms with Crippen molar-refractivity contribution in [2.24, 2.45) is 0 Å². The van der Waals surface area contributed by atoms with Gasteiger partial charge in [0, 0.05) is 4.47 Å². The summed E-state index contributed by atoms with van der Waals surface area (Å²) >= 11 is 8.24. The number of benzene rings is 1. The van der Waals surface area contributed by atoms with Crippen LogP contribution >= 0.6 is 43.2 Å².